The van der Waals surface area contributed by atoms with Crippen LogP contribution < -0.4 is 5.73 Å². The van der Waals surface area contributed by atoms with Gasteiger partial charge in [-0.3, -0.25) is 9.69 Å². The zero-order chi connectivity index (χ0) is 13.9. The average Bonchev–Trinajstić information content (AvgIpc) is 2.89. The maximum Gasteiger partial charge on any atom is 0.222 e. The number of hydrogen-bond acceptors (Lipinski definition) is 3. The Morgan fingerprint density at radius 1 is 1.16 bits per heavy atom. The molecule has 1 amide bonds. The first-order valence-corrected chi connectivity index (χ1v) is 7.76. The van der Waals surface area contributed by atoms with Gasteiger partial charge in [-0.25, -0.2) is 0 Å². The number of nitrogens with zero attached hydrogens (tertiary/aromatic N) is 2. The van der Waals surface area contributed by atoms with Crippen molar-refractivity contribution in [2.24, 2.45) is 5.73 Å². The van der Waals surface area contributed by atoms with Gasteiger partial charge >= 0.3 is 0 Å². The van der Waals surface area contributed by atoms with Gasteiger partial charge in [0.05, 0.1) is 0 Å². The summed E-state index contributed by atoms with van der Waals surface area (Å²) in [4.78, 5) is 16.7. The van der Waals surface area contributed by atoms with Gasteiger partial charge in [-0.05, 0) is 33.1 Å². The quantitative estimate of drug-likeness (QED) is 0.841. The molecule has 0 aromatic carbocycles. The standard InChI is InChI=1S/C15H29N3O/c1-15(2,16)8-7-14(19)18-11-9-17(10-12-18)13-5-3-4-6-13/h13H,3-12,16H2,1-2H3. The van der Waals surface area contributed by atoms with E-state index >= 15 is 0 Å². The van der Waals surface area contributed by atoms with Crippen molar-refractivity contribution in [1.82, 2.24) is 9.80 Å². The third-order valence-electron chi connectivity index (χ3n) is 4.49. The average molecular weight is 267 g/mol. The van der Waals surface area contributed by atoms with Crippen LogP contribution in [0.1, 0.15) is 52.4 Å². The number of nitrogens with two attached hydrogens (primary N) is 1. The van der Waals surface area contributed by atoms with Crippen molar-refractivity contribution < 1.29 is 4.79 Å². The van der Waals surface area contributed by atoms with Gasteiger partial charge < -0.3 is 10.6 Å². The number of piperazine rings is 1. The Balaban J connectivity index is 1.71. The molecule has 0 atom stereocenters. The van der Waals surface area contributed by atoms with Crippen molar-refractivity contribution in [3.63, 3.8) is 0 Å². The molecule has 1 aliphatic carbocycles. The summed E-state index contributed by atoms with van der Waals surface area (Å²) in [6, 6.07) is 0.792. The lowest BCUT2D eigenvalue weighted by atomic mass is 9.99. The number of carbonyl (C=O) groups is 1. The fourth-order valence-corrected chi connectivity index (χ4v) is 3.19. The summed E-state index contributed by atoms with van der Waals surface area (Å²) in [7, 11) is 0. The van der Waals surface area contributed by atoms with Crippen molar-refractivity contribution in [3.05, 3.63) is 0 Å². The Morgan fingerprint density at radius 3 is 2.26 bits per heavy atom. The van der Waals surface area contributed by atoms with Crippen molar-refractivity contribution >= 4 is 5.91 Å². The Morgan fingerprint density at radius 2 is 1.74 bits per heavy atom. The number of carbonyl (C=O) groups excluding carboxylic acids is 1. The molecule has 19 heavy (non-hydrogen) atoms. The molecule has 0 radical (unpaired) electrons. The summed E-state index contributed by atoms with van der Waals surface area (Å²) in [6.07, 6.45) is 6.84. The highest BCUT2D eigenvalue weighted by Crippen LogP contribution is 2.24. The first kappa shape index (κ1) is 14.8. The molecule has 1 heterocycles. The lowest BCUT2D eigenvalue weighted by molar-refractivity contribution is -0.133. The summed E-state index contributed by atoms with van der Waals surface area (Å²) in [5.41, 5.74) is 5.70. The summed E-state index contributed by atoms with van der Waals surface area (Å²) in [5, 5.41) is 0. The Labute approximate surface area is 117 Å². The van der Waals surface area contributed by atoms with Gasteiger partial charge in [-0.15, -0.1) is 0 Å². The first-order valence-electron chi connectivity index (χ1n) is 7.76. The lowest BCUT2D eigenvalue weighted by Crippen LogP contribution is -2.51. The van der Waals surface area contributed by atoms with Crippen LogP contribution in [0.3, 0.4) is 0 Å². The van der Waals surface area contributed by atoms with Crippen LogP contribution in [0, 0.1) is 0 Å². The number of amides is 1. The fraction of sp³-hybridized carbons (Fsp3) is 0.933. The summed E-state index contributed by atoms with van der Waals surface area (Å²) < 4.78 is 0. The van der Waals surface area contributed by atoms with Crippen molar-refractivity contribution in [2.75, 3.05) is 26.2 Å². The molecule has 2 rings (SSSR count). The van der Waals surface area contributed by atoms with E-state index in [2.05, 4.69) is 4.90 Å². The largest absolute Gasteiger partial charge is 0.340 e. The normalized spacial score (nSPS) is 23.0. The predicted octanol–water partition coefficient (Wildman–Crippen LogP) is 1.59. The molecule has 0 aromatic heterocycles. The van der Waals surface area contributed by atoms with E-state index in [1.165, 1.54) is 25.7 Å². The van der Waals surface area contributed by atoms with Crippen molar-refractivity contribution in [2.45, 2.75) is 64.0 Å². The van der Waals surface area contributed by atoms with E-state index in [1.54, 1.807) is 0 Å². The lowest BCUT2D eigenvalue weighted by Gasteiger charge is -2.38. The molecule has 2 fully saturated rings. The number of rotatable bonds is 4. The molecule has 1 aliphatic heterocycles. The molecular weight excluding hydrogens is 238 g/mol. The minimum Gasteiger partial charge on any atom is -0.340 e. The molecule has 2 N–H and O–H groups in total. The van der Waals surface area contributed by atoms with Crippen LogP contribution in [-0.4, -0.2) is 53.5 Å². The van der Waals surface area contributed by atoms with E-state index < -0.39 is 0 Å². The molecule has 4 heteroatoms. The molecule has 1 saturated heterocycles. The van der Waals surface area contributed by atoms with Gasteiger partial charge in [0.2, 0.25) is 5.91 Å². The zero-order valence-corrected chi connectivity index (χ0v) is 12.5. The third kappa shape index (κ3) is 4.46. The second kappa shape index (κ2) is 6.23. The highest BCUT2D eigenvalue weighted by Gasteiger charge is 2.28. The van der Waals surface area contributed by atoms with E-state index in [0.29, 0.717) is 6.42 Å². The predicted molar refractivity (Wildman–Crippen MR) is 77.9 cm³/mol. The second-order valence-corrected chi connectivity index (χ2v) is 6.84. The maximum absolute atomic E-state index is 12.1. The molecular formula is C15H29N3O. The van der Waals surface area contributed by atoms with Gasteiger partial charge in [0.25, 0.3) is 0 Å². The highest BCUT2D eigenvalue weighted by molar-refractivity contribution is 5.76. The Bertz CT molecular complexity index is 297. The SMILES string of the molecule is CC(C)(N)CCC(=O)N1CCN(C2CCCC2)CC1. The smallest absolute Gasteiger partial charge is 0.222 e. The molecule has 0 bridgehead atoms. The van der Waals surface area contributed by atoms with E-state index in [-0.39, 0.29) is 11.4 Å². The maximum atomic E-state index is 12.1. The Hall–Kier alpha value is -0.610. The van der Waals surface area contributed by atoms with Crippen LogP contribution in [0.5, 0.6) is 0 Å². The zero-order valence-electron chi connectivity index (χ0n) is 12.5. The molecule has 0 aromatic rings. The Kier molecular flexibility index (Phi) is 4.85. The second-order valence-electron chi connectivity index (χ2n) is 6.84. The van der Waals surface area contributed by atoms with Crippen LogP contribution in [0.2, 0.25) is 0 Å². The summed E-state index contributed by atoms with van der Waals surface area (Å²) in [5.74, 6) is 0.282. The van der Waals surface area contributed by atoms with Gasteiger partial charge in [-0.1, -0.05) is 12.8 Å². The summed E-state index contributed by atoms with van der Waals surface area (Å²) in [6.45, 7) is 7.89. The highest BCUT2D eigenvalue weighted by atomic mass is 16.2. The van der Waals surface area contributed by atoms with Gasteiger partial charge in [0.1, 0.15) is 0 Å². The molecule has 4 nitrogen and oxygen atoms in total. The minimum atomic E-state index is -0.235. The minimum absolute atomic E-state index is 0.235. The fourth-order valence-electron chi connectivity index (χ4n) is 3.19. The molecule has 1 saturated carbocycles. The first-order chi connectivity index (χ1) is 8.96. The topological polar surface area (TPSA) is 49.6 Å². The van der Waals surface area contributed by atoms with Crippen LogP contribution in [-0.2, 0) is 4.79 Å². The monoisotopic (exact) mass is 267 g/mol. The van der Waals surface area contributed by atoms with E-state index in [1.807, 2.05) is 18.7 Å². The van der Waals surface area contributed by atoms with Gasteiger partial charge in [-0.2, -0.15) is 0 Å². The molecule has 0 spiro atoms. The van der Waals surface area contributed by atoms with Gasteiger partial charge in [0.15, 0.2) is 0 Å². The van der Waals surface area contributed by atoms with Crippen molar-refractivity contribution in [1.29, 1.82) is 0 Å². The van der Waals surface area contributed by atoms with Gasteiger partial charge in [0, 0.05) is 44.2 Å². The summed E-state index contributed by atoms with van der Waals surface area (Å²) >= 11 is 0. The van der Waals surface area contributed by atoms with E-state index in [4.69, 9.17) is 5.73 Å². The van der Waals surface area contributed by atoms with E-state index in [9.17, 15) is 4.79 Å². The molecule has 0 unspecified atom stereocenters. The third-order valence-corrected chi connectivity index (χ3v) is 4.49. The van der Waals surface area contributed by atoms with E-state index in [0.717, 1.165) is 38.6 Å². The van der Waals surface area contributed by atoms with Crippen molar-refractivity contribution in [3.8, 4) is 0 Å². The molecule has 2 aliphatic rings. The number of hydrogen-bond donors (Lipinski definition) is 1. The molecule has 110 valence electrons. The van der Waals surface area contributed by atoms with Crippen LogP contribution in [0.25, 0.3) is 0 Å². The van der Waals surface area contributed by atoms with Crippen LogP contribution >= 0.6 is 0 Å². The van der Waals surface area contributed by atoms with Crippen LogP contribution in [0.4, 0.5) is 0 Å². The van der Waals surface area contributed by atoms with Crippen LogP contribution in [0.15, 0.2) is 0 Å².